The normalized spacial score (nSPS) is 20.8. The van der Waals surface area contributed by atoms with Gasteiger partial charge in [-0.15, -0.1) is 11.6 Å². The first-order chi connectivity index (χ1) is 4.84. The molecule has 1 unspecified atom stereocenters. The summed E-state index contributed by atoms with van der Waals surface area (Å²) in [7, 11) is 0. The lowest BCUT2D eigenvalue weighted by molar-refractivity contribution is 0.636. The van der Waals surface area contributed by atoms with Crippen LogP contribution in [0.2, 0.25) is 0 Å². The summed E-state index contributed by atoms with van der Waals surface area (Å²) in [6.45, 7) is 2.28. The largest absolute Gasteiger partial charge is 0.127 e. The summed E-state index contributed by atoms with van der Waals surface area (Å²) in [6, 6.07) is 0. The zero-order valence-electron chi connectivity index (χ0n) is 6.57. The molecule has 0 aromatic heterocycles. The van der Waals surface area contributed by atoms with Crippen molar-refractivity contribution in [2.75, 3.05) is 5.88 Å². The number of halogens is 1. The Bertz CT molecular complexity index is 127. The highest BCUT2D eigenvalue weighted by Gasteiger charge is 2.10. The molecule has 0 bridgehead atoms. The van der Waals surface area contributed by atoms with Crippen molar-refractivity contribution in [3.05, 3.63) is 11.6 Å². The minimum Gasteiger partial charge on any atom is -0.127 e. The van der Waals surface area contributed by atoms with Gasteiger partial charge in [0.25, 0.3) is 0 Å². The second kappa shape index (κ2) is 4.02. The number of hydrogen-bond acceptors (Lipinski definition) is 0. The first kappa shape index (κ1) is 8.13. The van der Waals surface area contributed by atoms with E-state index in [0.717, 1.165) is 18.2 Å². The van der Waals surface area contributed by atoms with Gasteiger partial charge in [0.15, 0.2) is 0 Å². The number of rotatable bonds is 3. The Morgan fingerprint density at radius 3 is 3.00 bits per heavy atom. The van der Waals surface area contributed by atoms with Crippen LogP contribution in [0.1, 0.15) is 32.6 Å². The lowest BCUT2D eigenvalue weighted by atomic mass is 9.98. The first-order valence-corrected chi connectivity index (χ1v) is 4.63. The van der Waals surface area contributed by atoms with E-state index in [9.17, 15) is 0 Å². The summed E-state index contributed by atoms with van der Waals surface area (Å²) in [4.78, 5) is 0. The Labute approximate surface area is 68.3 Å². The highest BCUT2D eigenvalue weighted by atomic mass is 35.5. The molecule has 0 saturated carbocycles. The van der Waals surface area contributed by atoms with Crippen molar-refractivity contribution in [1.82, 2.24) is 0 Å². The van der Waals surface area contributed by atoms with Crippen LogP contribution in [0.25, 0.3) is 0 Å². The molecular formula is C9H15Cl. The summed E-state index contributed by atoms with van der Waals surface area (Å²) in [5, 5.41) is 0. The smallest absolute Gasteiger partial charge is 0.0229 e. The van der Waals surface area contributed by atoms with Gasteiger partial charge in [-0.3, -0.25) is 0 Å². The lowest BCUT2D eigenvalue weighted by Crippen LogP contribution is -1.97. The maximum Gasteiger partial charge on any atom is 0.0229 e. The molecule has 10 heavy (non-hydrogen) atoms. The molecule has 1 atom stereocenters. The van der Waals surface area contributed by atoms with Gasteiger partial charge >= 0.3 is 0 Å². The van der Waals surface area contributed by atoms with Gasteiger partial charge in [0, 0.05) is 5.88 Å². The Hall–Kier alpha value is 0.0300. The summed E-state index contributed by atoms with van der Waals surface area (Å²) < 4.78 is 0. The predicted octanol–water partition coefficient (Wildman–Crippen LogP) is 3.36. The second-order valence-electron chi connectivity index (χ2n) is 3.05. The zero-order valence-corrected chi connectivity index (χ0v) is 7.32. The fourth-order valence-electron chi connectivity index (χ4n) is 1.49. The van der Waals surface area contributed by atoms with Gasteiger partial charge in [0.2, 0.25) is 0 Å². The average molecular weight is 159 g/mol. The van der Waals surface area contributed by atoms with Crippen molar-refractivity contribution in [3.8, 4) is 0 Å². The van der Waals surface area contributed by atoms with Gasteiger partial charge in [-0.25, -0.2) is 0 Å². The molecule has 0 saturated heterocycles. The Morgan fingerprint density at radius 2 is 2.50 bits per heavy atom. The molecule has 1 aliphatic rings. The molecule has 0 heterocycles. The maximum absolute atomic E-state index is 5.65. The second-order valence-corrected chi connectivity index (χ2v) is 3.43. The Kier molecular flexibility index (Phi) is 3.27. The van der Waals surface area contributed by atoms with Gasteiger partial charge in [-0.2, -0.15) is 0 Å². The van der Waals surface area contributed by atoms with Crippen molar-refractivity contribution < 1.29 is 0 Å². The van der Waals surface area contributed by atoms with Crippen LogP contribution in [0.3, 0.4) is 0 Å². The fourth-order valence-corrected chi connectivity index (χ4v) is 1.82. The molecule has 1 aliphatic carbocycles. The minimum atomic E-state index is 0.736. The van der Waals surface area contributed by atoms with E-state index in [1.54, 1.807) is 5.57 Å². The van der Waals surface area contributed by atoms with Crippen LogP contribution in [-0.2, 0) is 0 Å². The summed E-state index contributed by atoms with van der Waals surface area (Å²) >= 11 is 5.65. The molecule has 1 heteroatoms. The third kappa shape index (κ3) is 2.02. The molecule has 0 amide bonds. The van der Waals surface area contributed by atoms with Gasteiger partial charge in [0.1, 0.15) is 0 Å². The highest BCUT2D eigenvalue weighted by molar-refractivity contribution is 6.17. The first-order valence-electron chi connectivity index (χ1n) is 4.09. The maximum atomic E-state index is 5.65. The minimum absolute atomic E-state index is 0.736. The van der Waals surface area contributed by atoms with E-state index < -0.39 is 0 Å². The fraction of sp³-hybridized carbons (Fsp3) is 0.778. The molecule has 0 fully saturated rings. The number of alkyl halides is 1. The molecule has 0 aromatic rings. The van der Waals surface area contributed by atoms with Crippen LogP contribution < -0.4 is 0 Å². The van der Waals surface area contributed by atoms with Crippen molar-refractivity contribution >= 4 is 11.6 Å². The molecule has 1 rings (SSSR count). The topological polar surface area (TPSA) is 0 Å². The Balaban J connectivity index is 2.32. The molecule has 0 aliphatic heterocycles. The zero-order chi connectivity index (χ0) is 7.40. The quantitative estimate of drug-likeness (QED) is 0.437. The number of hydrogen-bond donors (Lipinski definition) is 0. The molecule has 0 nitrogen and oxygen atoms in total. The lowest BCUT2D eigenvalue weighted by Gasteiger charge is -2.09. The van der Waals surface area contributed by atoms with Crippen molar-refractivity contribution in [2.24, 2.45) is 5.92 Å². The van der Waals surface area contributed by atoms with Gasteiger partial charge in [0.05, 0.1) is 0 Å². The third-order valence-corrected chi connectivity index (χ3v) is 2.47. The van der Waals surface area contributed by atoms with E-state index in [4.69, 9.17) is 11.6 Å². The standard InChI is InChI=1S/C9H15Cl/c1-8(6-7-10)9-4-2-3-5-9/h4,8H,2-3,5-7H2,1H3. The molecule has 0 aromatic carbocycles. The van der Waals surface area contributed by atoms with Crippen LogP contribution in [-0.4, -0.2) is 5.88 Å². The monoisotopic (exact) mass is 158 g/mol. The molecule has 0 N–H and O–H groups in total. The van der Waals surface area contributed by atoms with E-state index in [1.165, 1.54) is 19.3 Å². The molecule has 0 spiro atoms. The van der Waals surface area contributed by atoms with E-state index in [0.29, 0.717) is 0 Å². The van der Waals surface area contributed by atoms with Crippen LogP contribution in [0.4, 0.5) is 0 Å². The molecule has 0 radical (unpaired) electrons. The molecule has 58 valence electrons. The summed E-state index contributed by atoms with van der Waals surface area (Å²) in [5.41, 5.74) is 1.64. The van der Waals surface area contributed by atoms with Gasteiger partial charge < -0.3 is 0 Å². The summed E-state index contributed by atoms with van der Waals surface area (Å²) in [5.74, 6) is 1.54. The van der Waals surface area contributed by atoms with E-state index >= 15 is 0 Å². The Morgan fingerprint density at radius 1 is 1.70 bits per heavy atom. The van der Waals surface area contributed by atoms with E-state index in [1.807, 2.05) is 0 Å². The van der Waals surface area contributed by atoms with Crippen molar-refractivity contribution in [2.45, 2.75) is 32.6 Å². The number of allylic oxidation sites excluding steroid dienone is 2. The van der Waals surface area contributed by atoms with Gasteiger partial charge in [-0.05, 0) is 31.6 Å². The van der Waals surface area contributed by atoms with E-state index in [-0.39, 0.29) is 0 Å². The van der Waals surface area contributed by atoms with Crippen LogP contribution in [0, 0.1) is 5.92 Å². The van der Waals surface area contributed by atoms with Crippen LogP contribution in [0.5, 0.6) is 0 Å². The predicted molar refractivity (Wildman–Crippen MR) is 46.4 cm³/mol. The average Bonchev–Trinajstić information content (AvgIpc) is 2.38. The van der Waals surface area contributed by atoms with Gasteiger partial charge in [-0.1, -0.05) is 18.6 Å². The SMILES string of the molecule is CC(CCCl)C1=CCCC1. The third-order valence-electron chi connectivity index (χ3n) is 2.25. The molecular weight excluding hydrogens is 144 g/mol. The van der Waals surface area contributed by atoms with Crippen LogP contribution in [0.15, 0.2) is 11.6 Å². The summed E-state index contributed by atoms with van der Waals surface area (Å²) in [6.07, 6.45) is 7.51. The highest BCUT2D eigenvalue weighted by Crippen LogP contribution is 2.26. The van der Waals surface area contributed by atoms with Crippen LogP contribution >= 0.6 is 11.6 Å². The van der Waals surface area contributed by atoms with Crippen molar-refractivity contribution in [3.63, 3.8) is 0 Å². The van der Waals surface area contributed by atoms with E-state index in [2.05, 4.69) is 13.0 Å². The van der Waals surface area contributed by atoms with Crippen molar-refractivity contribution in [1.29, 1.82) is 0 Å².